The third-order valence-electron chi connectivity index (χ3n) is 4.06. The molecule has 0 spiro atoms. The van der Waals surface area contributed by atoms with Crippen molar-refractivity contribution in [2.75, 3.05) is 13.1 Å². The number of rotatable bonds is 3. The molecule has 0 aliphatic carbocycles. The number of carbonyl (C=O) groups excluding carboxylic acids is 2. The van der Waals surface area contributed by atoms with Gasteiger partial charge in [-0.05, 0) is 31.0 Å². The third-order valence-corrected chi connectivity index (χ3v) is 4.31. The molecule has 0 saturated carbocycles. The van der Waals surface area contributed by atoms with Gasteiger partial charge in [-0.3, -0.25) is 14.7 Å². The van der Waals surface area contributed by atoms with Gasteiger partial charge >= 0.3 is 0 Å². The van der Waals surface area contributed by atoms with E-state index in [4.69, 9.17) is 17.3 Å². The van der Waals surface area contributed by atoms with E-state index >= 15 is 0 Å². The molecule has 7 heteroatoms. The molecule has 2 amide bonds. The largest absolute Gasteiger partial charge is 0.369 e. The van der Waals surface area contributed by atoms with Crippen LogP contribution in [0.25, 0.3) is 11.3 Å². The van der Waals surface area contributed by atoms with Crippen LogP contribution in [0.5, 0.6) is 0 Å². The summed E-state index contributed by atoms with van der Waals surface area (Å²) in [4.78, 5) is 25.5. The number of nitrogens with zero attached hydrogens (tertiary/aromatic N) is 2. The minimum atomic E-state index is -0.353. The first-order chi connectivity index (χ1) is 11.0. The van der Waals surface area contributed by atoms with E-state index in [0.29, 0.717) is 29.5 Å². The number of nitrogens with two attached hydrogens (primary N) is 1. The predicted molar refractivity (Wildman–Crippen MR) is 86.9 cm³/mol. The van der Waals surface area contributed by atoms with Crippen molar-refractivity contribution in [1.29, 1.82) is 0 Å². The van der Waals surface area contributed by atoms with Crippen LogP contribution in [0.3, 0.4) is 0 Å². The van der Waals surface area contributed by atoms with Crippen LogP contribution < -0.4 is 5.73 Å². The molecule has 1 aliphatic heterocycles. The van der Waals surface area contributed by atoms with Crippen molar-refractivity contribution in [3.8, 4) is 11.3 Å². The minimum Gasteiger partial charge on any atom is -0.369 e. The van der Waals surface area contributed by atoms with Crippen LogP contribution in [0.15, 0.2) is 30.3 Å². The van der Waals surface area contributed by atoms with Crippen molar-refractivity contribution < 1.29 is 9.59 Å². The number of aromatic nitrogens is 2. The van der Waals surface area contributed by atoms with Crippen LogP contribution in [0.1, 0.15) is 23.3 Å². The van der Waals surface area contributed by atoms with Gasteiger partial charge in [-0.15, -0.1) is 0 Å². The molecular weight excluding hydrogens is 316 g/mol. The van der Waals surface area contributed by atoms with Gasteiger partial charge < -0.3 is 10.6 Å². The van der Waals surface area contributed by atoms with Crippen LogP contribution in [-0.2, 0) is 4.79 Å². The summed E-state index contributed by atoms with van der Waals surface area (Å²) in [5.41, 5.74) is 7.30. The number of aromatic amines is 1. The maximum absolute atomic E-state index is 12.5. The van der Waals surface area contributed by atoms with Gasteiger partial charge in [0.2, 0.25) is 5.91 Å². The first kappa shape index (κ1) is 15.6. The SMILES string of the molecule is NC(=O)[C@H]1CCCN(C(=O)c2cc(-c3ccc(Cl)cc3)n[nH]2)C1. The van der Waals surface area contributed by atoms with E-state index in [1.807, 2.05) is 12.1 Å². The highest BCUT2D eigenvalue weighted by Gasteiger charge is 2.28. The van der Waals surface area contributed by atoms with Gasteiger partial charge in [-0.25, -0.2) is 0 Å². The number of nitrogens with one attached hydrogen (secondary N) is 1. The van der Waals surface area contributed by atoms with E-state index in [9.17, 15) is 9.59 Å². The summed E-state index contributed by atoms with van der Waals surface area (Å²) in [5, 5.41) is 7.59. The highest BCUT2D eigenvalue weighted by molar-refractivity contribution is 6.30. The fraction of sp³-hybridized carbons (Fsp3) is 0.312. The number of benzene rings is 1. The highest BCUT2D eigenvalue weighted by atomic mass is 35.5. The lowest BCUT2D eigenvalue weighted by atomic mass is 9.97. The Morgan fingerprint density at radius 3 is 2.74 bits per heavy atom. The summed E-state index contributed by atoms with van der Waals surface area (Å²) in [5.74, 6) is -0.788. The summed E-state index contributed by atoms with van der Waals surface area (Å²) in [6, 6.07) is 8.94. The van der Waals surface area contributed by atoms with E-state index in [-0.39, 0.29) is 17.7 Å². The van der Waals surface area contributed by atoms with Gasteiger partial charge in [-0.2, -0.15) is 5.10 Å². The van der Waals surface area contributed by atoms with Crippen molar-refractivity contribution >= 4 is 23.4 Å². The molecule has 0 unspecified atom stereocenters. The molecule has 2 aromatic rings. The van der Waals surface area contributed by atoms with Crippen molar-refractivity contribution in [3.63, 3.8) is 0 Å². The number of likely N-dealkylation sites (tertiary alicyclic amines) is 1. The number of carbonyl (C=O) groups is 2. The Bertz CT molecular complexity index is 726. The number of primary amides is 1. The first-order valence-electron chi connectivity index (χ1n) is 7.44. The number of H-pyrrole nitrogens is 1. The zero-order chi connectivity index (χ0) is 16.4. The van der Waals surface area contributed by atoms with Gasteiger partial charge in [0.15, 0.2) is 0 Å². The smallest absolute Gasteiger partial charge is 0.271 e. The Hall–Kier alpha value is -2.34. The van der Waals surface area contributed by atoms with Gasteiger partial charge in [0.05, 0.1) is 11.6 Å². The van der Waals surface area contributed by atoms with Crippen LogP contribution in [0.4, 0.5) is 0 Å². The zero-order valence-corrected chi connectivity index (χ0v) is 13.2. The second-order valence-electron chi connectivity index (χ2n) is 5.67. The Labute approximate surface area is 138 Å². The molecule has 6 nitrogen and oxygen atoms in total. The van der Waals surface area contributed by atoms with Crippen molar-refractivity contribution in [2.24, 2.45) is 11.7 Å². The van der Waals surface area contributed by atoms with Crippen molar-refractivity contribution in [2.45, 2.75) is 12.8 Å². The molecule has 2 heterocycles. The summed E-state index contributed by atoms with van der Waals surface area (Å²) in [6.07, 6.45) is 1.51. The molecule has 3 rings (SSSR count). The summed E-state index contributed by atoms with van der Waals surface area (Å²) < 4.78 is 0. The molecule has 1 fully saturated rings. The lowest BCUT2D eigenvalue weighted by molar-refractivity contribution is -0.123. The van der Waals surface area contributed by atoms with Gasteiger partial charge in [-0.1, -0.05) is 23.7 Å². The van der Waals surface area contributed by atoms with Gasteiger partial charge in [0.25, 0.3) is 5.91 Å². The number of hydrogen-bond acceptors (Lipinski definition) is 3. The average molecular weight is 333 g/mol. The standard InChI is InChI=1S/C16H17ClN4O2/c17-12-5-3-10(4-6-12)13-8-14(20-19-13)16(23)21-7-1-2-11(9-21)15(18)22/h3-6,8,11H,1-2,7,9H2,(H2,18,22)(H,19,20)/t11-/m0/s1. The van der Waals surface area contributed by atoms with E-state index in [1.54, 1.807) is 23.1 Å². The molecular formula is C16H17ClN4O2. The lowest BCUT2D eigenvalue weighted by Gasteiger charge is -2.30. The van der Waals surface area contributed by atoms with Crippen LogP contribution in [0, 0.1) is 5.92 Å². The molecule has 0 radical (unpaired) electrons. The van der Waals surface area contributed by atoms with E-state index in [1.165, 1.54) is 0 Å². The Morgan fingerprint density at radius 2 is 2.04 bits per heavy atom. The van der Waals surface area contributed by atoms with E-state index in [0.717, 1.165) is 18.4 Å². The Morgan fingerprint density at radius 1 is 1.30 bits per heavy atom. The normalized spacial score (nSPS) is 18.0. The fourth-order valence-electron chi connectivity index (χ4n) is 2.76. The maximum atomic E-state index is 12.5. The molecule has 1 atom stereocenters. The molecule has 1 aromatic carbocycles. The van der Waals surface area contributed by atoms with Crippen LogP contribution in [-0.4, -0.2) is 40.0 Å². The quantitative estimate of drug-likeness (QED) is 0.901. The monoisotopic (exact) mass is 332 g/mol. The fourth-order valence-corrected chi connectivity index (χ4v) is 2.89. The molecule has 0 bridgehead atoms. The highest BCUT2D eigenvalue weighted by Crippen LogP contribution is 2.22. The lowest BCUT2D eigenvalue weighted by Crippen LogP contribution is -2.44. The Kier molecular flexibility index (Phi) is 4.34. The summed E-state index contributed by atoms with van der Waals surface area (Å²) in [7, 11) is 0. The number of hydrogen-bond donors (Lipinski definition) is 2. The van der Waals surface area contributed by atoms with Crippen LogP contribution >= 0.6 is 11.6 Å². The zero-order valence-electron chi connectivity index (χ0n) is 12.5. The molecule has 23 heavy (non-hydrogen) atoms. The maximum Gasteiger partial charge on any atom is 0.271 e. The molecule has 1 aliphatic rings. The Balaban J connectivity index is 1.75. The van der Waals surface area contributed by atoms with Crippen molar-refractivity contribution in [1.82, 2.24) is 15.1 Å². The van der Waals surface area contributed by atoms with Gasteiger partial charge in [0.1, 0.15) is 5.69 Å². The average Bonchev–Trinajstić information content (AvgIpc) is 3.05. The number of amides is 2. The molecule has 1 aromatic heterocycles. The van der Waals surface area contributed by atoms with Crippen molar-refractivity contribution in [3.05, 3.63) is 41.0 Å². The predicted octanol–water partition coefficient (Wildman–Crippen LogP) is 2.07. The van der Waals surface area contributed by atoms with Gasteiger partial charge in [0, 0.05) is 23.7 Å². The summed E-state index contributed by atoms with van der Waals surface area (Å²) >= 11 is 5.87. The van der Waals surface area contributed by atoms with E-state index in [2.05, 4.69) is 10.2 Å². The molecule has 1 saturated heterocycles. The third kappa shape index (κ3) is 3.37. The van der Waals surface area contributed by atoms with E-state index < -0.39 is 0 Å². The molecule has 120 valence electrons. The number of halogens is 1. The number of piperidine rings is 1. The topological polar surface area (TPSA) is 92.1 Å². The second-order valence-corrected chi connectivity index (χ2v) is 6.10. The minimum absolute atomic E-state index is 0.163. The first-order valence-corrected chi connectivity index (χ1v) is 7.82. The molecule has 3 N–H and O–H groups in total. The summed E-state index contributed by atoms with van der Waals surface area (Å²) in [6.45, 7) is 0.987. The van der Waals surface area contributed by atoms with Crippen LogP contribution in [0.2, 0.25) is 5.02 Å². The second kappa shape index (κ2) is 6.42.